The second-order valence-corrected chi connectivity index (χ2v) is 11.0. The lowest BCUT2D eigenvalue weighted by Crippen LogP contribution is -2.50. The van der Waals surface area contributed by atoms with Crippen LogP contribution in [0.25, 0.3) is 10.9 Å². The Morgan fingerprint density at radius 2 is 1.92 bits per heavy atom. The zero-order valence-electron chi connectivity index (χ0n) is 21.0. The van der Waals surface area contributed by atoms with Crippen LogP contribution in [0.5, 0.6) is 0 Å². The Bertz CT molecular complexity index is 1420. The highest BCUT2D eigenvalue weighted by Gasteiger charge is 2.44. The molecule has 0 saturated carbocycles. The molecule has 6 nitrogen and oxygen atoms in total. The van der Waals surface area contributed by atoms with Gasteiger partial charge in [-0.25, -0.2) is 4.98 Å². The first-order valence-corrected chi connectivity index (χ1v) is 12.8. The van der Waals surface area contributed by atoms with Crippen molar-refractivity contribution in [2.45, 2.75) is 51.4 Å². The number of rotatable bonds is 7. The molecule has 0 bridgehead atoms. The standard InChI is InChI=1S/C29H32ClN5O/c1-20(16-29(22-10-7-13-31-17-22)32-19-28(2,3)34-29)14-26-33-25-15-23(30)11-12-24(25)27(36)35(26)18-21-8-5-4-6-9-21/h4-13,15,17,20,32,34H,14,16,18-19H2,1-3H3. The first kappa shape index (κ1) is 24.6. The van der Waals surface area contributed by atoms with E-state index in [0.717, 1.165) is 29.9 Å². The van der Waals surface area contributed by atoms with Crippen molar-refractivity contribution in [1.82, 2.24) is 25.2 Å². The van der Waals surface area contributed by atoms with Crippen LogP contribution in [-0.4, -0.2) is 26.6 Å². The van der Waals surface area contributed by atoms with Crippen LogP contribution in [0.4, 0.5) is 0 Å². The smallest absolute Gasteiger partial charge is 0.261 e. The van der Waals surface area contributed by atoms with E-state index in [1.54, 1.807) is 24.4 Å². The van der Waals surface area contributed by atoms with Gasteiger partial charge >= 0.3 is 0 Å². The first-order chi connectivity index (χ1) is 17.2. The average molecular weight is 502 g/mol. The average Bonchev–Trinajstić information content (AvgIpc) is 3.17. The normalized spacial score (nSPS) is 20.0. The Morgan fingerprint density at radius 1 is 1.11 bits per heavy atom. The Labute approximate surface area is 216 Å². The van der Waals surface area contributed by atoms with E-state index in [-0.39, 0.29) is 17.0 Å². The fourth-order valence-electron chi connectivity index (χ4n) is 5.30. The molecule has 5 rings (SSSR count). The summed E-state index contributed by atoms with van der Waals surface area (Å²) < 4.78 is 1.82. The van der Waals surface area contributed by atoms with Gasteiger partial charge in [0.05, 0.1) is 23.1 Å². The van der Waals surface area contributed by atoms with Crippen molar-refractivity contribution in [3.63, 3.8) is 0 Å². The topological polar surface area (TPSA) is 71.8 Å². The number of nitrogens with zero attached hydrogens (tertiary/aromatic N) is 3. The van der Waals surface area contributed by atoms with Crippen LogP contribution >= 0.6 is 11.6 Å². The van der Waals surface area contributed by atoms with E-state index in [1.807, 2.05) is 47.2 Å². The molecule has 1 aliphatic rings. The van der Waals surface area contributed by atoms with E-state index in [1.165, 1.54) is 0 Å². The van der Waals surface area contributed by atoms with Crippen LogP contribution in [0.2, 0.25) is 5.02 Å². The largest absolute Gasteiger partial charge is 0.294 e. The minimum Gasteiger partial charge on any atom is -0.294 e. The summed E-state index contributed by atoms with van der Waals surface area (Å²) in [6.07, 6.45) is 5.19. The highest BCUT2D eigenvalue weighted by molar-refractivity contribution is 6.31. The van der Waals surface area contributed by atoms with Crippen LogP contribution in [0, 0.1) is 5.92 Å². The minimum absolute atomic E-state index is 0.0389. The van der Waals surface area contributed by atoms with Gasteiger partial charge in [0.1, 0.15) is 5.82 Å². The van der Waals surface area contributed by atoms with Crippen molar-refractivity contribution >= 4 is 22.5 Å². The highest BCUT2D eigenvalue weighted by atomic mass is 35.5. The number of aromatic nitrogens is 3. The summed E-state index contributed by atoms with van der Waals surface area (Å²) >= 11 is 6.25. The third kappa shape index (κ3) is 5.07. The van der Waals surface area contributed by atoms with Crippen molar-refractivity contribution in [1.29, 1.82) is 0 Å². The van der Waals surface area contributed by atoms with E-state index < -0.39 is 5.66 Å². The van der Waals surface area contributed by atoms with Gasteiger partial charge in [0.2, 0.25) is 0 Å². The monoisotopic (exact) mass is 501 g/mol. The Kier molecular flexibility index (Phi) is 6.68. The molecule has 1 aliphatic heterocycles. The summed E-state index contributed by atoms with van der Waals surface area (Å²) in [5.74, 6) is 0.981. The molecule has 7 heteroatoms. The molecular weight excluding hydrogens is 470 g/mol. The summed E-state index contributed by atoms with van der Waals surface area (Å²) in [6.45, 7) is 7.95. The predicted molar refractivity (Wildman–Crippen MR) is 145 cm³/mol. The summed E-state index contributed by atoms with van der Waals surface area (Å²) in [7, 11) is 0. The third-order valence-corrected chi connectivity index (χ3v) is 7.14. The zero-order valence-corrected chi connectivity index (χ0v) is 21.7. The summed E-state index contributed by atoms with van der Waals surface area (Å²) in [5, 5.41) is 8.72. The maximum absolute atomic E-state index is 13.6. The van der Waals surface area contributed by atoms with Crippen molar-refractivity contribution in [2.75, 3.05) is 6.54 Å². The molecule has 36 heavy (non-hydrogen) atoms. The van der Waals surface area contributed by atoms with E-state index in [9.17, 15) is 4.79 Å². The minimum atomic E-state index is -0.401. The lowest BCUT2D eigenvalue weighted by Gasteiger charge is -2.35. The fraction of sp³-hybridized carbons (Fsp3) is 0.345. The van der Waals surface area contributed by atoms with Gasteiger partial charge in [-0.05, 0) is 56.0 Å². The molecule has 2 aromatic carbocycles. The van der Waals surface area contributed by atoms with Crippen LogP contribution < -0.4 is 16.2 Å². The molecule has 186 valence electrons. The summed E-state index contributed by atoms with van der Waals surface area (Å²) in [6, 6.07) is 19.4. The zero-order chi connectivity index (χ0) is 25.3. The van der Waals surface area contributed by atoms with Gasteiger partial charge in [0, 0.05) is 41.5 Å². The van der Waals surface area contributed by atoms with Crippen molar-refractivity contribution in [3.8, 4) is 0 Å². The first-order valence-electron chi connectivity index (χ1n) is 12.4. The van der Waals surface area contributed by atoms with E-state index in [0.29, 0.717) is 28.9 Å². The molecule has 4 aromatic rings. The van der Waals surface area contributed by atoms with Crippen molar-refractivity contribution in [3.05, 3.63) is 105 Å². The molecule has 0 aliphatic carbocycles. The van der Waals surface area contributed by atoms with Crippen molar-refractivity contribution in [2.24, 2.45) is 5.92 Å². The Balaban J connectivity index is 1.51. The van der Waals surface area contributed by atoms with Gasteiger partial charge in [-0.15, -0.1) is 0 Å². The number of hydrogen-bond donors (Lipinski definition) is 2. The maximum atomic E-state index is 13.6. The van der Waals surface area contributed by atoms with Gasteiger partial charge < -0.3 is 0 Å². The molecule has 2 unspecified atom stereocenters. The quantitative estimate of drug-likeness (QED) is 0.377. The summed E-state index contributed by atoms with van der Waals surface area (Å²) in [5.41, 5.74) is 2.33. The lowest BCUT2D eigenvalue weighted by molar-refractivity contribution is 0.240. The molecule has 1 saturated heterocycles. The van der Waals surface area contributed by atoms with Crippen LogP contribution in [0.15, 0.2) is 77.9 Å². The molecule has 3 heterocycles. The van der Waals surface area contributed by atoms with Gasteiger partial charge in [-0.1, -0.05) is 54.9 Å². The van der Waals surface area contributed by atoms with E-state index >= 15 is 0 Å². The molecule has 0 radical (unpaired) electrons. The van der Waals surface area contributed by atoms with E-state index in [4.69, 9.17) is 16.6 Å². The Hall–Kier alpha value is -3.06. The molecule has 2 N–H and O–H groups in total. The lowest BCUT2D eigenvalue weighted by atomic mass is 9.88. The third-order valence-electron chi connectivity index (χ3n) is 6.90. The SMILES string of the molecule is CC(Cc1nc2cc(Cl)ccc2c(=O)n1Cc1ccccc1)CC1(c2cccnc2)NCC(C)(C)N1. The number of halogens is 1. The van der Waals surface area contributed by atoms with Gasteiger partial charge in [-0.2, -0.15) is 0 Å². The van der Waals surface area contributed by atoms with Crippen LogP contribution in [0.1, 0.15) is 44.1 Å². The molecule has 2 aromatic heterocycles. The number of nitrogens with one attached hydrogen (secondary N) is 2. The van der Waals surface area contributed by atoms with Crippen LogP contribution in [-0.2, 0) is 18.6 Å². The molecule has 0 spiro atoms. The highest BCUT2D eigenvalue weighted by Crippen LogP contribution is 2.33. The second kappa shape index (κ2) is 9.77. The van der Waals surface area contributed by atoms with Gasteiger partial charge in [0.15, 0.2) is 0 Å². The molecular formula is C29H32ClN5O. The number of pyridine rings is 1. The maximum Gasteiger partial charge on any atom is 0.261 e. The van der Waals surface area contributed by atoms with E-state index in [2.05, 4.69) is 42.5 Å². The number of hydrogen-bond acceptors (Lipinski definition) is 5. The number of benzene rings is 2. The molecule has 1 fully saturated rings. The Morgan fingerprint density at radius 3 is 2.61 bits per heavy atom. The van der Waals surface area contributed by atoms with Gasteiger partial charge in [0.25, 0.3) is 5.56 Å². The number of fused-ring (bicyclic) bond motifs is 1. The molecule has 0 amide bonds. The summed E-state index contributed by atoms with van der Waals surface area (Å²) in [4.78, 5) is 22.9. The van der Waals surface area contributed by atoms with Crippen LogP contribution in [0.3, 0.4) is 0 Å². The van der Waals surface area contributed by atoms with Gasteiger partial charge in [-0.3, -0.25) is 25.0 Å². The fourth-order valence-corrected chi connectivity index (χ4v) is 5.47. The van der Waals surface area contributed by atoms with Crippen molar-refractivity contribution < 1.29 is 0 Å². The predicted octanol–water partition coefficient (Wildman–Crippen LogP) is 4.89. The molecule has 2 atom stereocenters. The second-order valence-electron chi connectivity index (χ2n) is 10.6.